The minimum atomic E-state index is -0.703. The van der Waals surface area contributed by atoms with Gasteiger partial charge in [-0.1, -0.05) is 43.5 Å². The molecule has 0 bridgehead atoms. The number of pyridine rings is 3. The molecule has 0 aliphatic carbocycles. The number of nitrogens with zero attached hydrogens (tertiary/aromatic N) is 3. The third-order valence-corrected chi connectivity index (χ3v) is 5.89. The molecule has 0 aliphatic heterocycles. The molecule has 0 spiro atoms. The number of hydrogen-bond acceptors (Lipinski definition) is 3. The highest BCUT2D eigenvalue weighted by Crippen LogP contribution is 2.35. The molecule has 1 atom stereocenters. The molecule has 0 aromatic carbocycles. The fraction of sp³-hybridized carbons (Fsp3) is 0.0500. The van der Waals surface area contributed by atoms with Crippen molar-refractivity contribution in [1.29, 1.82) is 0 Å². The van der Waals surface area contributed by atoms with Gasteiger partial charge >= 0.3 is 0 Å². The van der Waals surface area contributed by atoms with Crippen LogP contribution in [0.4, 0.5) is 0 Å². The van der Waals surface area contributed by atoms with Gasteiger partial charge in [0, 0.05) is 38.4 Å². The third kappa shape index (κ3) is 3.81. The Morgan fingerprint density at radius 2 is 1.50 bits per heavy atom. The van der Waals surface area contributed by atoms with Crippen LogP contribution in [0.2, 0.25) is 0 Å². The van der Waals surface area contributed by atoms with E-state index in [4.69, 9.17) is 0 Å². The van der Waals surface area contributed by atoms with E-state index in [-0.39, 0.29) is 0 Å². The van der Waals surface area contributed by atoms with E-state index in [0.717, 1.165) is 33.9 Å². The first-order chi connectivity index (χ1) is 11.8. The Morgan fingerprint density at radius 3 is 2.04 bits per heavy atom. The number of hydrogen-bond donors (Lipinski definition) is 0. The zero-order valence-corrected chi connectivity index (χ0v) is 14.2. The topological polar surface area (TPSA) is 38.7 Å². The molecule has 0 N–H and O–H groups in total. The summed E-state index contributed by atoms with van der Waals surface area (Å²) < 4.78 is 0. The molecule has 3 heterocycles. The molecule has 3 aromatic heterocycles. The molecular formula is C20H18N3P. The lowest BCUT2D eigenvalue weighted by Gasteiger charge is -2.16. The summed E-state index contributed by atoms with van der Waals surface area (Å²) in [7, 11) is -0.703. The molecule has 0 saturated heterocycles. The Kier molecular flexibility index (Phi) is 5.25. The van der Waals surface area contributed by atoms with Crippen molar-refractivity contribution >= 4 is 30.9 Å². The monoisotopic (exact) mass is 331 g/mol. The molecule has 3 rings (SSSR count). The highest BCUT2D eigenvalue weighted by atomic mass is 31.1. The van der Waals surface area contributed by atoms with Crippen LogP contribution < -0.4 is 10.9 Å². The van der Waals surface area contributed by atoms with Gasteiger partial charge in [0.1, 0.15) is 0 Å². The molecule has 3 nitrogen and oxygen atoms in total. The Bertz CT molecular complexity index is 812. The zero-order valence-electron chi connectivity index (χ0n) is 13.3. The van der Waals surface area contributed by atoms with Crippen molar-refractivity contribution in [3.63, 3.8) is 0 Å². The lowest BCUT2D eigenvalue weighted by Crippen LogP contribution is -2.18. The minimum absolute atomic E-state index is 0.703. The van der Waals surface area contributed by atoms with Gasteiger partial charge in [0.15, 0.2) is 0 Å². The van der Waals surface area contributed by atoms with Crippen LogP contribution in [0, 0.1) is 0 Å². The Balaban J connectivity index is 1.94. The Labute approximate surface area is 143 Å². The maximum absolute atomic E-state index is 4.63. The lowest BCUT2D eigenvalue weighted by atomic mass is 10.2. The van der Waals surface area contributed by atoms with E-state index < -0.39 is 7.92 Å². The molecule has 0 aliphatic rings. The second-order valence-corrected chi connectivity index (χ2v) is 7.30. The van der Waals surface area contributed by atoms with Gasteiger partial charge in [0.2, 0.25) is 0 Å². The van der Waals surface area contributed by atoms with E-state index in [1.54, 1.807) is 12.2 Å². The van der Waals surface area contributed by atoms with Gasteiger partial charge in [-0.3, -0.25) is 15.0 Å². The van der Waals surface area contributed by atoms with Crippen LogP contribution in [0.5, 0.6) is 0 Å². The second kappa shape index (κ2) is 7.76. The van der Waals surface area contributed by atoms with Gasteiger partial charge in [-0.2, -0.15) is 0 Å². The number of rotatable bonds is 6. The van der Waals surface area contributed by atoms with Gasteiger partial charge < -0.3 is 0 Å². The van der Waals surface area contributed by atoms with Crippen molar-refractivity contribution in [1.82, 2.24) is 15.0 Å². The van der Waals surface area contributed by atoms with Crippen LogP contribution in [0.25, 0.3) is 12.2 Å². The molecule has 0 amide bonds. The Hall–Kier alpha value is -2.64. The van der Waals surface area contributed by atoms with E-state index >= 15 is 0 Å². The van der Waals surface area contributed by atoms with Crippen molar-refractivity contribution < 1.29 is 0 Å². The van der Waals surface area contributed by atoms with E-state index in [1.807, 2.05) is 48.9 Å². The summed E-state index contributed by atoms with van der Waals surface area (Å²) in [5.41, 5.74) is 5.18. The molecule has 4 heteroatoms. The number of aromatic nitrogens is 3. The smallest absolute Gasteiger partial charge is 0.0696 e. The van der Waals surface area contributed by atoms with Crippen molar-refractivity contribution in [2.75, 3.05) is 0 Å². The molecule has 3 aromatic rings. The molecule has 0 saturated carbocycles. The second-order valence-electron chi connectivity index (χ2n) is 5.21. The molecule has 24 heavy (non-hydrogen) atoms. The van der Waals surface area contributed by atoms with Gasteiger partial charge in [0.25, 0.3) is 0 Å². The molecule has 0 fully saturated rings. The van der Waals surface area contributed by atoms with Crippen molar-refractivity contribution in [3.8, 4) is 0 Å². The van der Waals surface area contributed by atoms with Crippen molar-refractivity contribution in [2.24, 2.45) is 0 Å². The third-order valence-electron chi connectivity index (χ3n) is 3.61. The highest BCUT2D eigenvalue weighted by molar-refractivity contribution is 7.71. The summed E-state index contributed by atoms with van der Waals surface area (Å²) >= 11 is 0. The van der Waals surface area contributed by atoms with Crippen LogP contribution >= 0.6 is 7.92 Å². The van der Waals surface area contributed by atoms with E-state index in [0.29, 0.717) is 0 Å². The summed E-state index contributed by atoms with van der Waals surface area (Å²) in [6, 6.07) is 14.2. The first-order valence-corrected chi connectivity index (χ1v) is 9.17. The average molecular weight is 331 g/mol. The fourth-order valence-electron chi connectivity index (χ4n) is 2.28. The highest BCUT2D eigenvalue weighted by Gasteiger charge is 2.17. The van der Waals surface area contributed by atoms with E-state index in [9.17, 15) is 0 Å². The fourth-order valence-corrected chi connectivity index (χ4v) is 4.28. The summed E-state index contributed by atoms with van der Waals surface area (Å²) in [4.78, 5) is 13.7. The van der Waals surface area contributed by atoms with Crippen LogP contribution in [0.15, 0.2) is 74.2 Å². The van der Waals surface area contributed by atoms with Gasteiger partial charge in [-0.25, -0.2) is 0 Å². The maximum atomic E-state index is 4.63. The van der Waals surface area contributed by atoms with Gasteiger partial charge in [-0.05, 0) is 35.4 Å². The van der Waals surface area contributed by atoms with Crippen molar-refractivity contribution in [2.45, 2.75) is 6.16 Å². The average Bonchev–Trinajstić information content (AvgIpc) is 2.67. The molecule has 1 unspecified atom stereocenters. The van der Waals surface area contributed by atoms with Crippen molar-refractivity contribution in [3.05, 3.63) is 91.0 Å². The van der Waals surface area contributed by atoms with Crippen LogP contribution in [0.1, 0.15) is 16.8 Å². The predicted molar refractivity (Wildman–Crippen MR) is 103 cm³/mol. The molecule has 0 radical (unpaired) electrons. The quantitative estimate of drug-likeness (QED) is 0.645. The normalized spacial score (nSPS) is 11.7. The van der Waals surface area contributed by atoms with E-state index in [1.165, 1.54) is 0 Å². The largest absolute Gasteiger partial charge is 0.260 e. The zero-order chi connectivity index (χ0) is 16.8. The van der Waals surface area contributed by atoms with Crippen LogP contribution in [-0.2, 0) is 6.16 Å². The van der Waals surface area contributed by atoms with Crippen LogP contribution in [-0.4, -0.2) is 15.0 Å². The predicted octanol–water partition coefficient (Wildman–Crippen LogP) is 3.79. The SMILES string of the molecule is C=Cc1ccc(CP(c2ccccn2)c2ccc(C=C)cn2)nc1. The Morgan fingerprint density at radius 1 is 0.792 bits per heavy atom. The first-order valence-electron chi connectivity index (χ1n) is 7.64. The first kappa shape index (κ1) is 16.2. The van der Waals surface area contributed by atoms with Crippen LogP contribution in [0.3, 0.4) is 0 Å². The lowest BCUT2D eigenvalue weighted by molar-refractivity contribution is 1.16. The van der Waals surface area contributed by atoms with Gasteiger partial charge in [0.05, 0.1) is 10.9 Å². The van der Waals surface area contributed by atoms with Gasteiger partial charge in [-0.15, -0.1) is 0 Å². The standard InChI is InChI=1S/C20H18N3P/c1-3-16-8-10-18(22-13-16)15-24(19-7-5-6-12-21-19)20-11-9-17(4-2)14-23-20/h3-14H,1-2,15H2. The molecular weight excluding hydrogens is 313 g/mol. The summed E-state index contributed by atoms with van der Waals surface area (Å²) in [5, 5.41) is 0. The minimum Gasteiger partial charge on any atom is -0.260 e. The summed E-state index contributed by atoms with van der Waals surface area (Å²) in [6.07, 6.45) is 9.95. The summed E-state index contributed by atoms with van der Waals surface area (Å²) in [5.74, 6) is 0. The maximum Gasteiger partial charge on any atom is 0.0696 e. The molecule has 118 valence electrons. The van der Waals surface area contributed by atoms with E-state index in [2.05, 4.69) is 40.2 Å². The summed E-state index contributed by atoms with van der Waals surface area (Å²) in [6.45, 7) is 7.55.